The fourth-order valence-electron chi connectivity index (χ4n) is 3.40. The molecule has 1 aliphatic carbocycles. The molecule has 4 nitrogen and oxygen atoms in total. The zero-order chi connectivity index (χ0) is 18.1. The number of benzene rings is 2. The van der Waals surface area contributed by atoms with Crippen molar-refractivity contribution in [3.63, 3.8) is 0 Å². The van der Waals surface area contributed by atoms with Gasteiger partial charge in [0.05, 0.1) is 22.8 Å². The van der Waals surface area contributed by atoms with Crippen LogP contribution < -0.4 is 0 Å². The van der Waals surface area contributed by atoms with E-state index in [4.69, 9.17) is 4.74 Å². The molecule has 25 heavy (non-hydrogen) atoms. The Morgan fingerprint density at radius 1 is 1.20 bits per heavy atom. The van der Waals surface area contributed by atoms with Crippen molar-refractivity contribution >= 4 is 9.84 Å². The Hall–Kier alpha value is -2.23. The molecule has 130 valence electrons. The van der Waals surface area contributed by atoms with Gasteiger partial charge in [-0.3, -0.25) is 0 Å². The van der Waals surface area contributed by atoms with Gasteiger partial charge >= 0.3 is 0 Å². The van der Waals surface area contributed by atoms with Crippen LogP contribution in [-0.4, -0.2) is 26.9 Å². The topological polar surface area (TPSA) is 67.2 Å². The Morgan fingerprint density at radius 2 is 1.92 bits per heavy atom. The first kappa shape index (κ1) is 17.6. The van der Waals surface area contributed by atoms with Gasteiger partial charge in [0.1, 0.15) is 11.2 Å². The van der Waals surface area contributed by atoms with Gasteiger partial charge in [-0.15, -0.1) is 0 Å². The van der Waals surface area contributed by atoms with Crippen molar-refractivity contribution < 1.29 is 17.5 Å². The number of rotatable bonds is 6. The lowest BCUT2D eigenvalue weighted by molar-refractivity contribution is 0.117. The molecule has 0 aromatic heterocycles. The maximum atomic E-state index is 13.6. The molecule has 0 spiro atoms. The summed E-state index contributed by atoms with van der Waals surface area (Å²) in [6, 6.07) is 16.0. The lowest BCUT2D eigenvalue weighted by Crippen LogP contribution is -2.19. The monoisotopic (exact) mass is 359 g/mol. The molecule has 1 aliphatic rings. The molecule has 6 heteroatoms. The van der Waals surface area contributed by atoms with E-state index in [1.54, 1.807) is 31.2 Å². The smallest absolute Gasteiger partial charge is 0.183 e. The van der Waals surface area contributed by atoms with Gasteiger partial charge in [0.2, 0.25) is 0 Å². The van der Waals surface area contributed by atoms with E-state index in [9.17, 15) is 18.1 Å². The van der Waals surface area contributed by atoms with Crippen molar-refractivity contribution in [3.8, 4) is 6.07 Å². The first-order valence-electron chi connectivity index (χ1n) is 8.01. The second-order valence-corrected chi connectivity index (χ2v) is 8.17. The largest absolute Gasteiger partial charge is 0.380 e. The minimum absolute atomic E-state index is 0.00207. The Morgan fingerprint density at radius 3 is 2.52 bits per heavy atom. The predicted octanol–water partition coefficient (Wildman–Crippen LogP) is 3.31. The summed E-state index contributed by atoms with van der Waals surface area (Å²) in [5.41, 5.74) is -0.705. The van der Waals surface area contributed by atoms with Gasteiger partial charge in [0.25, 0.3) is 0 Å². The van der Waals surface area contributed by atoms with Crippen LogP contribution in [0.2, 0.25) is 0 Å². The lowest BCUT2D eigenvalue weighted by atomic mass is 10.0. The van der Waals surface area contributed by atoms with Crippen LogP contribution in [0.3, 0.4) is 0 Å². The van der Waals surface area contributed by atoms with Gasteiger partial charge < -0.3 is 4.74 Å². The number of ether oxygens (including phenoxy) is 1. The summed E-state index contributed by atoms with van der Waals surface area (Å²) in [6.07, 6.45) is 0. The minimum Gasteiger partial charge on any atom is -0.380 e. The molecule has 3 atom stereocenters. The Labute approximate surface area is 146 Å². The number of nitrogens with zero attached hydrogens (tertiary/aromatic N) is 1. The second-order valence-electron chi connectivity index (χ2n) is 6.10. The third-order valence-electron chi connectivity index (χ3n) is 4.62. The first-order valence-corrected chi connectivity index (χ1v) is 9.55. The highest BCUT2D eigenvalue weighted by Crippen LogP contribution is 2.63. The van der Waals surface area contributed by atoms with Crippen LogP contribution in [0.1, 0.15) is 18.4 Å². The molecule has 3 rings (SSSR count). The summed E-state index contributed by atoms with van der Waals surface area (Å²) in [7, 11) is -3.75. The lowest BCUT2D eigenvalue weighted by Gasteiger charge is -2.09. The van der Waals surface area contributed by atoms with Crippen LogP contribution in [0, 0.1) is 22.6 Å². The normalized spacial score (nSPS) is 25.3. The predicted molar refractivity (Wildman–Crippen MR) is 91.1 cm³/mol. The van der Waals surface area contributed by atoms with Crippen LogP contribution in [0.4, 0.5) is 4.39 Å². The van der Waals surface area contributed by atoms with E-state index in [1.165, 1.54) is 30.3 Å². The molecule has 1 fully saturated rings. The summed E-state index contributed by atoms with van der Waals surface area (Å²) in [4.78, 5) is 0.162. The maximum Gasteiger partial charge on any atom is 0.183 e. The van der Waals surface area contributed by atoms with Gasteiger partial charge in [-0.05, 0) is 36.8 Å². The zero-order valence-corrected chi connectivity index (χ0v) is 14.5. The average molecular weight is 359 g/mol. The third kappa shape index (κ3) is 2.94. The molecular formula is C19H18FNO3S. The third-order valence-corrected chi connectivity index (χ3v) is 6.91. The van der Waals surface area contributed by atoms with Crippen molar-refractivity contribution in [2.75, 3.05) is 13.2 Å². The molecule has 1 saturated carbocycles. The van der Waals surface area contributed by atoms with Gasteiger partial charge in [-0.2, -0.15) is 5.26 Å². The average Bonchev–Trinajstić information content (AvgIpc) is 3.31. The van der Waals surface area contributed by atoms with Crippen LogP contribution >= 0.6 is 0 Å². The molecule has 0 N–H and O–H groups in total. The molecule has 0 saturated heterocycles. The van der Waals surface area contributed by atoms with Crippen LogP contribution in [0.5, 0.6) is 0 Å². The SMILES string of the molecule is CCOC[C@]1(C#N)[C@@H](c2cccc(F)c2)[C@@H]1S(=O)(=O)c1ccccc1. The fraction of sp³-hybridized carbons (Fsp3) is 0.316. The molecule has 0 amide bonds. The van der Waals surface area contributed by atoms with E-state index < -0.39 is 32.2 Å². The van der Waals surface area contributed by atoms with Crippen LogP contribution in [-0.2, 0) is 14.6 Å². The highest BCUT2D eigenvalue weighted by molar-refractivity contribution is 7.92. The summed E-state index contributed by atoms with van der Waals surface area (Å²) >= 11 is 0. The Kier molecular flexibility index (Phi) is 4.63. The Balaban J connectivity index is 2.08. The summed E-state index contributed by atoms with van der Waals surface area (Å²) < 4.78 is 45.3. The molecule has 0 aliphatic heterocycles. The first-order chi connectivity index (χ1) is 12.0. The number of nitriles is 1. The number of sulfone groups is 1. The van der Waals surface area contributed by atoms with E-state index in [1.807, 2.05) is 0 Å². The summed E-state index contributed by atoms with van der Waals surface area (Å²) in [6.45, 7) is 2.15. The van der Waals surface area contributed by atoms with E-state index in [2.05, 4.69) is 6.07 Å². The van der Waals surface area contributed by atoms with E-state index in [0.29, 0.717) is 12.2 Å². The standard InChI is InChI=1S/C19H18FNO3S/c1-2-24-13-19(12-21)17(14-7-6-8-15(20)11-14)18(19)25(22,23)16-9-4-3-5-10-16/h3-11,17-18H,2,13H2,1H3/t17-,18-,19+/m0/s1. The molecule has 2 aromatic rings. The molecular weight excluding hydrogens is 341 g/mol. The van der Waals surface area contributed by atoms with Crippen molar-refractivity contribution in [3.05, 3.63) is 66.0 Å². The van der Waals surface area contributed by atoms with Gasteiger partial charge in [-0.25, -0.2) is 12.8 Å². The molecule has 0 bridgehead atoms. The van der Waals surface area contributed by atoms with Crippen molar-refractivity contribution in [2.24, 2.45) is 5.41 Å². The van der Waals surface area contributed by atoms with E-state index in [-0.39, 0.29) is 11.5 Å². The molecule has 0 radical (unpaired) electrons. The Bertz CT molecular complexity index is 908. The molecule has 0 heterocycles. The quantitative estimate of drug-likeness (QED) is 0.794. The molecule has 2 aromatic carbocycles. The van der Waals surface area contributed by atoms with Crippen molar-refractivity contribution in [1.29, 1.82) is 5.26 Å². The number of halogens is 1. The highest BCUT2D eigenvalue weighted by Gasteiger charge is 2.72. The summed E-state index contributed by atoms with van der Waals surface area (Å²) in [5, 5.41) is 8.82. The summed E-state index contributed by atoms with van der Waals surface area (Å²) in [5.74, 6) is -1.08. The fourth-order valence-corrected chi connectivity index (χ4v) is 5.73. The maximum absolute atomic E-state index is 13.6. The number of hydrogen-bond donors (Lipinski definition) is 0. The van der Waals surface area contributed by atoms with Gasteiger partial charge in [0.15, 0.2) is 9.84 Å². The minimum atomic E-state index is -3.75. The van der Waals surface area contributed by atoms with Crippen molar-refractivity contribution in [2.45, 2.75) is 23.0 Å². The molecule has 0 unspecified atom stereocenters. The number of hydrogen-bond acceptors (Lipinski definition) is 4. The van der Waals surface area contributed by atoms with E-state index >= 15 is 0 Å². The van der Waals surface area contributed by atoms with Crippen molar-refractivity contribution in [1.82, 2.24) is 0 Å². The highest BCUT2D eigenvalue weighted by atomic mass is 32.2. The van der Waals surface area contributed by atoms with Gasteiger partial charge in [-0.1, -0.05) is 30.3 Å². The second kappa shape index (κ2) is 6.58. The van der Waals surface area contributed by atoms with Gasteiger partial charge in [0, 0.05) is 12.5 Å². The zero-order valence-electron chi connectivity index (χ0n) is 13.7. The van der Waals surface area contributed by atoms with Crippen LogP contribution in [0.25, 0.3) is 0 Å². The van der Waals surface area contributed by atoms with E-state index in [0.717, 1.165) is 0 Å². The van der Waals surface area contributed by atoms with Crippen LogP contribution in [0.15, 0.2) is 59.5 Å².